The Bertz CT molecular complexity index is 438. The maximum absolute atomic E-state index is 13.9. The molecule has 106 valence electrons. The number of hydrogen-bond acceptors (Lipinski definition) is 3. The van der Waals surface area contributed by atoms with Crippen LogP contribution in [0.1, 0.15) is 31.4 Å². The molecule has 19 heavy (non-hydrogen) atoms. The van der Waals surface area contributed by atoms with Crippen molar-refractivity contribution >= 4 is 0 Å². The highest BCUT2D eigenvalue weighted by Gasteiger charge is 2.26. The van der Waals surface area contributed by atoms with Crippen LogP contribution in [0.5, 0.6) is 5.75 Å². The largest absolute Gasteiger partial charge is 0.508 e. The summed E-state index contributed by atoms with van der Waals surface area (Å²) in [4.78, 5) is 4.57. The van der Waals surface area contributed by atoms with E-state index >= 15 is 0 Å². The van der Waals surface area contributed by atoms with Gasteiger partial charge in [0.1, 0.15) is 11.6 Å². The zero-order chi connectivity index (χ0) is 14.0. The fraction of sp³-hybridized carbons (Fsp3) is 0.600. The van der Waals surface area contributed by atoms with Crippen LogP contribution in [-0.4, -0.2) is 48.1 Å². The number of piperidine rings is 1. The van der Waals surface area contributed by atoms with Crippen LogP contribution in [0.2, 0.25) is 0 Å². The van der Waals surface area contributed by atoms with Gasteiger partial charge in [-0.2, -0.15) is 0 Å². The molecule has 0 spiro atoms. The Kier molecular flexibility index (Phi) is 4.42. The second-order valence-electron chi connectivity index (χ2n) is 5.61. The van der Waals surface area contributed by atoms with Gasteiger partial charge in [0, 0.05) is 30.3 Å². The standard InChI is InChI=1S/C15H23FN2O/c1-11(14-7-6-13(19)9-15(14)16)18(3)12-5-4-8-17(2)10-12/h6-7,9,11-12,19H,4-5,8,10H2,1-3H3. The van der Waals surface area contributed by atoms with Gasteiger partial charge >= 0.3 is 0 Å². The fourth-order valence-electron chi connectivity index (χ4n) is 2.86. The van der Waals surface area contributed by atoms with Crippen LogP contribution in [0.15, 0.2) is 18.2 Å². The number of likely N-dealkylation sites (N-methyl/N-ethyl adjacent to an activating group) is 2. The Morgan fingerprint density at radius 1 is 1.47 bits per heavy atom. The summed E-state index contributed by atoms with van der Waals surface area (Å²) < 4.78 is 13.9. The van der Waals surface area contributed by atoms with Gasteiger partial charge in [0.05, 0.1) is 0 Å². The first-order valence-electron chi connectivity index (χ1n) is 6.88. The van der Waals surface area contributed by atoms with Crippen molar-refractivity contribution in [3.8, 4) is 5.75 Å². The molecule has 1 heterocycles. The molecule has 2 atom stereocenters. The molecule has 1 aromatic rings. The number of benzene rings is 1. The molecule has 1 aliphatic heterocycles. The molecule has 3 nitrogen and oxygen atoms in total. The Labute approximate surface area is 114 Å². The van der Waals surface area contributed by atoms with Crippen molar-refractivity contribution in [1.29, 1.82) is 0 Å². The van der Waals surface area contributed by atoms with Gasteiger partial charge in [-0.1, -0.05) is 6.07 Å². The molecule has 4 heteroatoms. The van der Waals surface area contributed by atoms with Crippen molar-refractivity contribution in [2.75, 3.05) is 27.2 Å². The number of phenols is 1. The topological polar surface area (TPSA) is 26.7 Å². The summed E-state index contributed by atoms with van der Waals surface area (Å²) in [6.45, 7) is 4.19. The summed E-state index contributed by atoms with van der Waals surface area (Å²) >= 11 is 0. The molecule has 0 amide bonds. The molecule has 0 aliphatic carbocycles. The third kappa shape index (κ3) is 3.25. The van der Waals surface area contributed by atoms with E-state index in [2.05, 4.69) is 23.9 Å². The fourth-order valence-corrected chi connectivity index (χ4v) is 2.86. The van der Waals surface area contributed by atoms with Crippen LogP contribution in [0.4, 0.5) is 4.39 Å². The number of phenolic OH excluding ortho intramolecular Hbond substituents is 1. The van der Waals surface area contributed by atoms with Crippen molar-refractivity contribution < 1.29 is 9.50 Å². The Hall–Kier alpha value is -1.13. The van der Waals surface area contributed by atoms with Crippen LogP contribution in [-0.2, 0) is 0 Å². The molecule has 1 saturated heterocycles. The van der Waals surface area contributed by atoms with Crippen molar-refractivity contribution in [2.45, 2.75) is 31.8 Å². The first-order valence-corrected chi connectivity index (χ1v) is 6.88. The number of hydrogen-bond donors (Lipinski definition) is 1. The molecule has 2 unspecified atom stereocenters. The lowest BCUT2D eigenvalue weighted by atomic mass is 10.00. The Morgan fingerprint density at radius 2 is 2.21 bits per heavy atom. The van der Waals surface area contributed by atoms with Crippen molar-refractivity contribution in [3.63, 3.8) is 0 Å². The number of aromatic hydroxyl groups is 1. The third-order valence-corrected chi connectivity index (χ3v) is 4.22. The summed E-state index contributed by atoms with van der Waals surface area (Å²) in [6.07, 6.45) is 2.35. The van der Waals surface area contributed by atoms with E-state index in [1.54, 1.807) is 12.1 Å². The van der Waals surface area contributed by atoms with E-state index in [1.165, 1.54) is 12.5 Å². The molecular weight excluding hydrogens is 243 g/mol. The summed E-state index contributed by atoms with van der Waals surface area (Å²) in [6, 6.07) is 4.89. The van der Waals surface area contributed by atoms with Crippen LogP contribution in [0, 0.1) is 5.82 Å². The van der Waals surface area contributed by atoms with Gasteiger partial charge in [0.25, 0.3) is 0 Å². The van der Waals surface area contributed by atoms with E-state index in [0.29, 0.717) is 11.6 Å². The van der Waals surface area contributed by atoms with Crippen LogP contribution in [0.25, 0.3) is 0 Å². The summed E-state index contributed by atoms with van der Waals surface area (Å²) in [5.74, 6) is -0.350. The summed E-state index contributed by atoms with van der Waals surface area (Å²) in [7, 11) is 4.19. The highest BCUT2D eigenvalue weighted by atomic mass is 19.1. The predicted molar refractivity (Wildman–Crippen MR) is 74.8 cm³/mol. The third-order valence-electron chi connectivity index (χ3n) is 4.22. The summed E-state index contributed by atoms with van der Waals surface area (Å²) in [5, 5.41) is 9.28. The molecular formula is C15H23FN2O. The second-order valence-corrected chi connectivity index (χ2v) is 5.61. The monoisotopic (exact) mass is 266 g/mol. The number of likely N-dealkylation sites (tertiary alicyclic amines) is 1. The van der Waals surface area contributed by atoms with E-state index in [9.17, 15) is 9.50 Å². The Morgan fingerprint density at radius 3 is 2.84 bits per heavy atom. The minimum atomic E-state index is -0.330. The maximum Gasteiger partial charge on any atom is 0.131 e. The normalized spacial score (nSPS) is 22.7. The lowest BCUT2D eigenvalue weighted by molar-refractivity contribution is 0.103. The van der Waals surface area contributed by atoms with Crippen molar-refractivity contribution in [2.24, 2.45) is 0 Å². The number of nitrogens with zero attached hydrogens (tertiary/aromatic N) is 2. The molecule has 1 N–H and O–H groups in total. The minimum Gasteiger partial charge on any atom is -0.508 e. The lowest BCUT2D eigenvalue weighted by Crippen LogP contribution is -2.45. The van der Waals surface area contributed by atoms with Crippen LogP contribution in [0.3, 0.4) is 0 Å². The first-order chi connectivity index (χ1) is 8.99. The zero-order valence-electron chi connectivity index (χ0n) is 11.9. The van der Waals surface area contributed by atoms with E-state index in [0.717, 1.165) is 19.5 Å². The van der Waals surface area contributed by atoms with Crippen LogP contribution >= 0.6 is 0 Å². The van der Waals surface area contributed by atoms with E-state index in [4.69, 9.17) is 0 Å². The highest BCUT2D eigenvalue weighted by Crippen LogP contribution is 2.28. The Balaban J connectivity index is 2.11. The van der Waals surface area contributed by atoms with Gasteiger partial charge in [-0.05, 0) is 46.5 Å². The first kappa shape index (κ1) is 14.3. The molecule has 0 saturated carbocycles. The average molecular weight is 266 g/mol. The van der Waals surface area contributed by atoms with E-state index < -0.39 is 0 Å². The van der Waals surface area contributed by atoms with E-state index in [1.807, 2.05) is 6.92 Å². The summed E-state index contributed by atoms with van der Waals surface area (Å²) in [5.41, 5.74) is 0.647. The van der Waals surface area contributed by atoms with Crippen LogP contribution < -0.4 is 0 Å². The SMILES string of the molecule is CC(c1ccc(O)cc1F)N(C)C1CCCN(C)C1. The van der Waals surface area contributed by atoms with Gasteiger partial charge in [-0.15, -0.1) is 0 Å². The quantitative estimate of drug-likeness (QED) is 0.911. The van der Waals surface area contributed by atoms with Gasteiger partial charge in [0.2, 0.25) is 0 Å². The highest BCUT2D eigenvalue weighted by molar-refractivity contribution is 5.29. The molecule has 1 aromatic carbocycles. The molecule has 1 aliphatic rings. The number of rotatable bonds is 3. The van der Waals surface area contributed by atoms with Gasteiger partial charge in [-0.25, -0.2) is 4.39 Å². The maximum atomic E-state index is 13.9. The molecule has 0 radical (unpaired) electrons. The number of halogens is 1. The smallest absolute Gasteiger partial charge is 0.131 e. The molecule has 0 aromatic heterocycles. The molecule has 2 rings (SSSR count). The minimum absolute atomic E-state index is 0.0112. The van der Waals surface area contributed by atoms with Gasteiger partial charge in [0.15, 0.2) is 0 Å². The average Bonchev–Trinajstić information content (AvgIpc) is 2.37. The van der Waals surface area contributed by atoms with Gasteiger partial charge < -0.3 is 10.0 Å². The second kappa shape index (κ2) is 5.88. The lowest BCUT2D eigenvalue weighted by Gasteiger charge is -2.39. The van der Waals surface area contributed by atoms with Crippen molar-refractivity contribution in [3.05, 3.63) is 29.6 Å². The molecule has 1 fully saturated rings. The van der Waals surface area contributed by atoms with Gasteiger partial charge in [-0.3, -0.25) is 4.90 Å². The molecule has 0 bridgehead atoms. The van der Waals surface area contributed by atoms with Crippen molar-refractivity contribution in [1.82, 2.24) is 9.80 Å². The zero-order valence-corrected chi connectivity index (χ0v) is 11.9. The predicted octanol–water partition coefficient (Wildman–Crippen LogP) is 2.62. The van der Waals surface area contributed by atoms with E-state index in [-0.39, 0.29) is 17.6 Å².